The molecule has 1 heterocycles. The number of hydrogen-bond acceptors (Lipinski definition) is 5. The molecule has 1 amide bonds. The molecular formula is C18H30N2O3S. The summed E-state index contributed by atoms with van der Waals surface area (Å²) in [4.78, 5) is 28.3. The van der Waals surface area contributed by atoms with Crippen molar-refractivity contribution in [2.24, 2.45) is 23.7 Å². The van der Waals surface area contributed by atoms with E-state index in [0.717, 1.165) is 0 Å². The molecule has 0 saturated heterocycles. The molecule has 0 aliphatic heterocycles. The lowest BCUT2D eigenvalue weighted by Gasteiger charge is -2.28. The van der Waals surface area contributed by atoms with Gasteiger partial charge in [0.15, 0.2) is 11.9 Å². The van der Waals surface area contributed by atoms with Gasteiger partial charge in [0.25, 0.3) is 0 Å². The van der Waals surface area contributed by atoms with Crippen molar-refractivity contribution in [3.63, 3.8) is 0 Å². The van der Waals surface area contributed by atoms with Crippen molar-refractivity contribution in [2.75, 3.05) is 7.05 Å². The Bertz CT molecular complexity index is 544. The topological polar surface area (TPSA) is 68.3 Å². The highest BCUT2D eigenvalue weighted by Gasteiger charge is 2.28. The molecule has 0 aliphatic carbocycles. The van der Waals surface area contributed by atoms with Crippen LogP contribution < -0.4 is 5.32 Å². The lowest BCUT2D eigenvalue weighted by molar-refractivity contribution is 0.0689. The molecule has 0 saturated carbocycles. The minimum Gasteiger partial charge on any atom is -0.439 e. The van der Waals surface area contributed by atoms with Crippen LogP contribution in [0.25, 0.3) is 0 Å². The molecule has 0 aliphatic rings. The van der Waals surface area contributed by atoms with Gasteiger partial charge in [0, 0.05) is 18.3 Å². The Labute approximate surface area is 149 Å². The van der Waals surface area contributed by atoms with E-state index in [2.05, 4.69) is 38.0 Å². The van der Waals surface area contributed by atoms with Crippen molar-refractivity contribution in [1.29, 1.82) is 0 Å². The van der Waals surface area contributed by atoms with E-state index in [1.807, 2.05) is 13.8 Å². The highest BCUT2D eigenvalue weighted by atomic mass is 32.1. The van der Waals surface area contributed by atoms with Gasteiger partial charge in [-0.1, -0.05) is 41.5 Å². The van der Waals surface area contributed by atoms with E-state index >= 15 is 0 Å². The van der Waals surface area contributed by atoms with Crippen LogP contribution in [0.15, 0.2) is 5.38 Å². The number of thiazole rings is 1. The SMILES string of the molecule is CNC(=O)O[C@H](CC(C(C)C)C(C)C)c1nc(C(=O)C(C)C)cs1. The molecule has 1 aromatic heterocycles. The fraction of sp³-hybridized carbons (Fsp3) is 0.722. The van der Waals surface area contributed by atoms with Gasteiger partial charge in [0.1, 0.15) is 10.7 Å². The highest BCUT2D eigenvalue weighted by Crippen LogP contribution is 2.34. The van der Waals surface area contributed by atoms with E-state index < -0.39 is 12.2 Å². The number of nitrogens with zero attached hydrogens (tertiary/aromatic N) is 1. The second-order valence-electron chi connectivity index (χ2n) is 7.12. The monoisotopic (exact) mass is 354 g/mol. The number of ketones is 1. The van der Waals surface area contributed by atoms with Crippen LogP contribution in [0, 0.1) is 23.7 Å². The van der Waals surface area contributed by atoms with E-state index in [4.69, 9.17) is 4.74 Å². The van der Waals surface area contributed by atoms with E-state index in [1.165, 1.54) is 18.4 Å². The van der Waals surface area contributed by atoms with Crippen molar-refractivity contribution < 1.29 is 14.3 Å². The summed E-state index contributed by atoms with van der Waals surface area (Å²) >= 11 is 1.38. The standard InChI is InChI=1S/C18H30N2O3S/c1-10(2)13(11(3)4)8-15(23-18(22)19-7)17-20-14(9-24-17)16(21)12(5)6/h9-13,15H,8H2,1-7H3,(H,19,22)/t15-/m1/s1. The summed E-state index contributed by atoms with van der Waals surface area (Å²) in [6, 6.07) is 0. The molecule has 24 heavy (non-hydrogen) atoms. The summed E-state index contributed by atoms with van der Waals surface area (Å²) in [6.07, 6.45) is -0.206. The smallest absolute Gasteiger partial charge is 0.407 e. The van der Waals surface area contributed by atoms with E-state index in [1.54, 1.807) is 5.38 Å². The summed E-state index contributed by atoms with van der Waals surface area (Å²) < 4.78 is 5.56. The van der Waals surface area contributed by atoms with Gasteiger partial charge in [-0.3, -0.25) is 4.79 Å². The van der Waals surface area contributed by atoms with Crippen molar-refractivity contribution in [2.45, 2.75) is 54.1 Å². The molecule has 5 nitrogen and oxygen atoms in total. The number of ether oxygens (including phenoxy) is 1. The Hall–Kier alpha value is -1.43. The van der Waals surface area contributed by atoms with Crippen molar-refractivity contribution in [1.82, 2.24) is 10.3 Å². The van der Waals surface area contributed by atoms with Gasteiger partial charge >= 0.3 is 6.09 Å². The maximum atomic E-state index is 12.1. The lowest BCUT2D eigenvalue weighted by atomic mass is 9.81. The van der Waals surface area contributed by atoms with Crippen molar-refractivity contribution >= 4 is 23.2 Å². The first-order chi connectivity index (χ1) is 11.2. The first kappa shape index (κ1) is 20.6. The second-order valence-corrected chi connectivity index (χ2v) is 8.01. The number of rotatable bonds is 8. The van der Waals surface area contributed by atoms with E-state index in [0.29, 0.717) is 34.9 Å². The van der Waals surface area contributed by atoms with Gasteiger partial charge in [-0.05, 0) is 24.2 Å². The zero-order valence-electron chi connectivity index (χ0n) is 15.8. The predicted octanol–water partition coefficient (Wildman–Crippen LogP) is 4.70. The summed E-state index contributed by atoms with van der Waals surface area (Å²) in [7, 11) is 1.54. The molecule has 1 aromatic rings. The van der Waals surface area contributed by atoms with Crippen LogP contribution in [0.2, 0.25) is 0 Å². The van der Waals surface area contributed by atoms with Gasteiger partial charge in [0.05, 0.1) is 0 Å². The summed E-state index contributed by atoms with van der Waals surface area (Å²) in [5.74, 6) is 1.25. The number of Topliss-reactive ketones (excluding diaryl/α,β-unsaturated/α-hetero) is 1. The molecule has 136 valence electrons. The highest BCUT2D eigenvalue weighted by molar-refractivity contribution is 7.09. The summed E-state index contributed by atoms with van der Waals surface area (Å²) in [5.41, 5.74) is 0.459. The number of amides is 1. The lowest BCUT2D eigenvalue weighted by Crippen LogP contribution is -2.26. The number of aromatic nitrogens is 1. The molecule has 0 aromatic carbocycles. The molecule has 0 unspecified atom stereocenters. The third-order valence-electron chi connectivity index (χ3n) is 4.23. The third-order valence-corrected chi connectivity index (χ3v) is 5.16. The Morgan fingerprint density at radius 2 is 1.75 bits per heavy atom. The van der Waals surface area contributed by atoms with Gasteiger partial charge in [-0.2, -0.15) is 0 Å². The zero-order chi connectivity index (χ0) is 18.4. The number of hydrogen-bond donors (Lipinski definition) is 1. The molecule has 0 spiro atoms. The molecular weight excluding hydrogens is 324 g/mol. The van der Waals surface area contributed by atoms with Crippen molar-refractivity contribution in [3.8, 4) is 0 Å². The van der Waals surface area contributed by atoms with Crippen LogP contribution in [0.5, 0.6) is 0 Å². The minimum atomic E-state index is -0.474. The second kappa shape index (κ2) is 9.16. The molecule has 0 radical (unpaired) electrons. The Morgan fingerprint density at radius 1 is 1.17 bits per heavy atom. The van der Waals surface area contributed by atoms with Gasteiger partial charge in [-0.15, -0.1) is 11.3 Å². The van der Waals surface area contributed by atoms with Crippen LogP contribution >= 0.6 is 11.3 Å². The van der Waals surface area contributed by atoms with E-state index in [9.17, 15) is 9.59 Å². The maximum Gasteiger partial charge on any atom is 0.407 e. The number of carbonyl (C=O) groups is 2. The summed E-state index contributed by atoms with van der Waals surface area (Å²) in [5, 5.41) is 4.94. The summed E-state index contributed by atoms with van der Waals surface area (Å²) in [6.45, 7) is 12.4. The quantitative estimate of drug-likeness (QED) is 0.687. The zero-order valence-corrected chi connectivity index (χ0v) is 16.6. The maximum absolute atomic E-state index is 12.1. The first-order valence-corrected chi connectivity index (χ1v) is 9.43. The van der Waals surface area contributed by atoms with Crippen LogP contribution in [0.3, 0.4) is 0 Å². The average molecular weight is 355 g/mol. The van der Waals surface area contributed by atoms with E-state index in [-0.39, 0.29) is 11.7 Å². The number of carbonyl (C=O) groups excluding carboxylic acids is 2. The molecule has 1 N–H and O–H groups in total. The van der Waals surface area contributed by atoms with Crippen LogP contribution in [-0.4, -0.2) is 23.9 Å². The largest absolute Gasteiger partial charge is 0.439 e. The average Bonchev–Trinajstić information content (AvgIpc) is 2.98. The van der Waals surface area contributed by atoms with Gasteiger partial charge in [-0.25, -0.2) is 9.78 Å². The van der Waals surface area contributed by atoms with Crippen molar-refractivity contribution in [3.05, 3.63) is 16.1 Å². The normalized spacial score (nSPS) is 13.0. The van der Waals surface area contributed by atoms with Gasteiger partial charge in [0.2, 0.25) is 0 Å². The molecule has 1 atom stereocenters. The Balaban J connectivity index is 3.05. The van der Waals surface area contributed by atoms with Gasteiger partial charge < -0.3 is 10.1 Å². The van der Waals surface area contributed by atoms with Crippen LogP contribution in [-0.2, 0) is 4.74 Å². The molecule has 0 fully saturated rings. The Morgan fingerprint density at radius 3 is 2.21 bits per heavy atom. The van der Waals surface area contributed by atoms with Crippen LogP contribution in [0.4, 0.5) is 4.79 Å². The third kappa shape index (κ3) is 5.58. The molecule has 1 rings (SSSR count). The number of nitrogens with one attached hydrogen (secondary N) is 1. The number of alkyl carbamates (subject to hydrolysis) is 1. The fourth-order valence-corrected chi connectivity index (χ4v) is 3.64. The predicted molar refractivity (Wildman–Crippen MR) is 97.3 cm³/mol. The minimum absolute atomic E-state index is 0.0143. The fourth-order valence-electron chi connectivity index (χ4n) is 2.79. The van der Waals surface area contributed by atoms with Crippen LogP contribution in [0.1, 0.15) is 69.6 Å². The molecule has 6 heteroatoms. The molecule has 0 bridgehead atoms. The first-order valence-electron chi connectivity index (χ1n) is 8.55. The Kier molecular flexibility index (Phi) is 7.87.